The summed E-state index contributed by atoms with van der Waals surface area (Å²) in [5.41, 5.74) is 0. The first-order valence-corrected chi connectivity index (χ1v) is 28.7. The zero-order valence-corrected chi connectivity index (χ0v) is 43.9. The Morgan fingerprint density at radius 3 is 1.31 bits per heavy atom. The number of allylic oxidation sites excluding steroid dienone is 4. The molecule has 1 heterocycles. The van der Waals surface area contributed by atoms with Crippen molar-refractivity contribution in [1.29, 1.82) is 0 Å². The molecule has 0 spiro atoms. The summed E-state index contributed by atoms with van der Waals surface area (Å²) in [6, 6.07) is -1.19. The average molecular weight is 968 g/mol. The quantitative estimate of drug-likeness (QED) is 0.0215. The van der Waals surface area contributed by atoms with Gasteiger partial charge in [0.15, 0.2) is 6.29 Å². The van der Waals surface area contributed by atoms with Crippen molar-refractivity contribution in [3.05, 3.63) is 24.3 Å². The molecule has 68 heavy (non-hydrogen) atoms. The molecule has 0 aromatic heterocycles. The number of unbranched alkanes of at least 4 members (excludes halogenated alkanes) is 33. The van der Waals surface area contributed by atoms with Crippen LogP contribution in [0.25, 0.3) is 0 Å². The van der Waals surface area contributed by atoms with E-state index in [0.717, 1.165) is 38.5 Å². The lowest BCUT2D eigenvalue weighted by Crippen LogP contribution is -2.60. The van der Waals surface area contributed by atoms with Crippen LogP contribution in [0.4, 0.5) is 0 Å². The van der Waals surface area contributed by atoms with E-state index < -0.39 is 74.2 Å². The Balaban J connectivity index is 2.27. The molecule has 9 atom stereocenters. The van der Waals surface area contributed by atoms with Gasteiger partial charge >= 0.3 is 0 Å². The first kappa shape index (κ1) is 64.6. The van der Waals surface area contributed by atoms with Crippen molar-refractivity contribution >= 4 is 5.91 Å². The maximum Gasteiger partial charge on any atom is 0.249 e. The summed E-state index contributed by atoms with van der Waals surface area (Å²) < 4.78 is 11.1. The Hall–Kier alpha value is -1.41. The largest absolute Gasteiger partial charge is 0.394 e. The maximum absolute atomic E-state index is 13.2. The molecule has 1 rings (SSSR count). The van der Waals surface area contributed by atoms with Gasteiger partial charge in [-0.2, -0.15) is 0 Å². The van der Waals surface area contributed by atoms with E-state index in [2.05, 4.69) is 43.5 Å². The molecule has 402 valence electrons. The van der Waals surface area contributed by atoms with E-state index in [1.807, 2.05) is 0 Å². The second-order valence-electron chi connectivity index (χ2n) is 20.4. The summed E-state index contributed by atoms with van der Waals surface area (Å²) in [6.07, 6.45) is 43.9. The van der Waals surface area contributed by atoms with Crippen molar-refractivity contribution in [2.45, 2.75) is 319 Å². The minimum absolute atomic E-state index is 0.248. The Bertz CT molecular complexity index is 1160. The van der Waals surface area contributed by atoms with Crippen LogP contribution in [0.15, 0.2) is 24.3 Å². The number of carbonyl (C=O) groups excluding carboxylic acids is 1. The van der Waals surface area contributed by atoms with E-state index in [1.54, 1.807) is 0 Å². The van der Waals surface area contributed by atoms with E-state index in [0.29, 0.717) is 19.3 Å². The van der Waals surface area contributed by atoms with Gasteiger partial charge in [-0.15, -0.1) is 0 Å². The molecule has 0 aliphatic carbocycles. The molecule has 0 aromatic carbocycles. The highest BCUT2D eigenvalue weighted by molar-refractivity contribution is 5.80. The average Bonchev–Trinajstić information content (AvgIpc) is 3.34. The number of ether oxygens (including phenoxy) is 2. The fraction of sp³-hybridized carbons (Fsp3) is 0.912. The van der Waals surface area contributed by atoms with Gasteiger partial charge < -0.3 is 50.5 Å². The molecule has 1 aliphatic rings. The van der Waals surface area contributed by atoms with Crippen LogP contribution in [0.1, 0.15) is 264 Å². The zero-order valence-electron chi connectivity index (χ0n) is 43.9. The minimum atomic E-state index is -1.67. The van der Waals surface area contributed by atoms with Crippen LogP contribution in [-0.4, -0.2) is 110 Å². The van der Waals surface area contributed by atoms with Crippen molar-refractivity contribution in [2.75, 3.05) is 13.2 Å². The third-order valence-electron chi connectivity index (χ3n) is 14.0. The SMILES string of the molecule is CCCCCCC/C=C/CC/C=C/CCCC(O)C(O)C(COC1OC(CO)C(O)C(O)C1O)NC(=O)C(O)CCCCCCCCCCCCCCCCCCCCCCCCCCCCC. The lowest BCUT2D eigenvalue weighted by Gasteiger charge is -2.40. The predicted octanol–water partition coefficient (Wildman–Crippen LogP) is 11.7. The number of hydrogen-bond acceptors (Lipinski definition) is 10. The van der Waals surface area contributed by atoms with Crippen molar-refractivity contribution in [1.82, 2.24) is 5.32 Å². The lowest BCUT2D eigenvalue weighted by molar-refractivity contribution is -0.303. The fourth-order valence-corrected chi connectivity index (χ4v) is 9.28. The molecule has 1 saturated heterocycles. The van der Waals surface area contributed by atoms with Crippen LogP contribution in [0.3, 0.4) is 0 Å². The molecule has 8 N–H and O–H groups in total. The Kier molecular flexibility index (Phi) is 44.3. The van der Waals surface area contributed by atoms with Crippen molar-refractivity contribution < 1.29 is 50.0 Å². The number of aliphatic hydroxyl groups excluding tert-OH is 7. The molecule has 11 nitrogen and oxygen atoms in total. The van der Waals surface area contributed by atoms with E-state index >= 15 is 0 Å². The molecule has 0 aromatic rings. The second kappa shape index (κ2) is 46.6. The number of carbonyl (C=O) groups is 1. The third-order valence-corrected chi connectivity index (χ3v) is 14.0. The van der Waals surface area contributed by atoms with Crippen molar-refractivity contribution in [3.8, 4) is 0 Å². The van der Waals surface area contributed by atoms with Crippen LogP contribution < -0.4 is 5.32 Å². The topological polar surface area (TPSA) is 189 Å². The third kappa shape index (κ3) is 34.8. The molecule has 11 heteroatoms. The van der Waals surface area contributed by atoms with Gasteiger partial charge in [-0.3, -0.25) is 4.79 Å². The standard InChI is InChI=1S/C57H109NO10/c1-3-5-7-9-11-13-15-17-19-20-21-22-23-24-25-26-27-28-29-30-31-33-35-37-39-41-43-45-50(61)56(66)58-48(47-67-57-55(65)54(64)53(63)51(46-59)68-57)52(62)49(60)44-42-40-38-36-34-32-18-16-14-12-10-8-6-4-2/h16,18,36,38,48-55,57,59-65H,3-15,17,19-35,37,39-47H2,1-2H3,(H,58,66)/b18-16+,38-36+. The number of rotatable bonds is 49. The van der Waals surface area contributed by atoms with Crippen LogP contribution in [0.5, 0.6) is 0 Å². The smallest absolute Gasteiger partial charge is 0.249 e. The fourth-order valence-electron chi connectivity index (χ4n) is 9.28. The molecule has 1 fully saturated rings. The minimum Gasteiger partial charge on any atom is -0.394 e. The van der Waals surface area contributed by atoms with E-state index in [1.165, 1.54) is 180 Å². The first-order valence-electron chi connectivity index (χ1n) is 28.7. The van der Waals surface area contributed by atoms with Gasteiger partial charge in [0.1, 0.15) is 36.6 Å². The molecule has 0 radical (unpaired) electrons. The number of hydrogen-bond donors (Lipinski definition) is 8. The Morgan fingerprint density at radius 2 is 0.882 bits per heavy atom. The first-order chi connectivity index (χ1) is 33.2. The monoisotopic (exact) mass is 968 g/mol. The van der Waals surface area contributed by atoms with Crippen LogP contribution in [-0.2, 0) is 14.3 Å². The molecule has 0 bridgehead atoms. The molecule has 1 amide bonds. The Morgan fingerprint density at radius 1 is 0.500 bits per heavy atom. The van der Waals surface area contributed by atoms with Gasteiger partial charge in [0.2, 0.25) is 5.91 Å². The maximum atomic E-state index is 13.2. The summed E-state index contributed by atoms with van der Waals surface area (Å²) in [5.74, 6) is -0.707. The molecule has 1 aliphatic heterocycles. The predicted molar refractivity (Wildman–Crippen MR) is 279 cm³/mol. The van der Waals surface area contributed by atoms with Crippen LogP contribution in [0.2, 0.25) is 0 Å². The van der Waals surface area contributed by atoms with Gasteiger partial charge in [0, 0.05) is 0 Å². The summed E-state index contributed by atoms with van der Waals surface area (Å²) >= 11 is 0. The molecule has 0 saturated carbocycles. The van der Waals surface area contributed by atoms with Gasteiger partial charge in [0.25, 0.3) is 0 Å². The van der Waals surface area contributed by atoms with Crippen molar-refractivity contribution in [3.63, 3.8) is 0 Å². The second-order valence-corrected chi connectivity index (χ2v) is 20.4. The molecule has 9 unspecified atom stereocenters. The molecular weight excluding hydrogens is 859 g/mol. The molecular formula is C57H109NO10. The highest BCUT2D eigenvalue weighted by Crippen LogP contribution is 2.23. The zero-order chi connectivity index (χ0) is 49.7. The van der Waals surface area contributed by atoms with E-state index in [-0.39, 0.29) is 12.8 Å². The Labute approximate surface area is 416 Å². The van der Waals surface area contributed by atoms with Gasteiger partial charge in [-0.05, 0) is 51.4 Å². The van der Waals surface area contributed by atoms with Crippen LogP contribution in [0, 0.1) is 0 Å². The van der Waals surface area contributed by atoms with Crippen molar-refractivity contribution in [2.24, 2.45) is 0 Å². The van der Waals surface area contributed by atoms with Crippen LogP contribution >= 0.6 is 0 Å². The van der Waals surface area contributed by atoms with Gasteiger partial charge in [-0.1, -0.05) is 237 Å². The number of aliphatic hydroxyl groups is 7. The summed E-state index contributed by atoms with van der Waals surface area (Å²) in [6.45, 7) is 3.44. The summed E-state index contributed by atoms with van der Waals surface area (Å²) in [4.78, 5) is 13.2. The normalized spacial score (nSPS) is 20.6. The highest BCUT2D eigenvalue weighted by atomic mass is 16.7. The van der Waals surface area contributed by atoms with Gasteiger partial charge in [0.05, 0.1) is 25.4 Å². The number of nitrogens with one attached hydrogen (secondary N) is 1. The highest BCUT2D eigenvalue weighted by Gasteiger charge is 2.44. The summed E-state index contributed by atoms with van der Waals surface area (Å²) in [7, 11) is 0. The van der Waals surface area contributed by atoms with E-state index in [9.17, 15) is 40.5 Å². The lowest BCUT2D eigenvalue weighted by atomic mass is 9.98. The van der Waals surface area contributed by atoms with E-state index in [4.69, 9.17) is 9.47 Å². The summed E-state index contributed by atoms with van der Waals surface area (Å²) in [5, 5.41) is 75.9. The number of amides is 1. The van der Waals surface area contributed by atoms with Gasteiger partial charge in [-0.25, -0.2) is 0 Å².